The van der Waals surface area contributed by atoms with Crippen LogP contribution >= 0.6 is 0 Å². The zero-order valence-electron chi connectivity index (χ0n) is 19.2. The Labute approximate surface area is 180 Å². The molecule has 1 aliphatic carbocycles. The molecule has 0 heterocycles. The van der Waals surface area contributed by atoms with Crippen LogP contribution < -0.4 is 4.74 Å². The van der Waals surface area contributed by atoms with E-state index in [0.717, 1.165) is 18.4 Å². The van der Waals surface area contributed by atoms with Crippen molar-refractivity contribution in [3.05, 3.63) is 58.2 Å². The lowest BCUT2D eigenvalue weighted by Crippen LogP contribution is -2.26. The second-order valence-corrected chi connectivity index (χ2v) is 9.18. The van der Waals surface area contributed by atoms with Crippen molar-refractivity contribution in [1.82, 2.24) is 0 Å². The van der Waals surface area contributed by atoms with Crippen LogP contribution in [0.15, 0.2) is 24.8 Å². The molecule has 0 atom stereocenters. The summed E-state index contributed by atoms with van der Waals surface area (Å²) in [5.41, 5.74) is 9.97. The van der Waals surface area contributed by atoms with Crippen LogP contribution in [0.25, 0.3) is 16.7 Å². The first-order valence-electron chi connectivity index (χ1n) is 10.9. The smallest absolute Gasteiger partial charge is 0.335 e. The topological polar surface area (TPSA) is 46.5 Å². The molecule has 2 aromatic carbocycles. The Kier molecular flexibility index (Phi) is 6.12. The Balaban J connectivity index is 2.24. The van der Waals surface area contributed by atoms with Crippen molar-refractivity contribution in [2.45, 2.75) is 72.6 Å². The molecule has 0 saturated heterocycles. The summed E-state index contributed by atoms with van der Waals surface area (Å²) in [5.74, 6) is -0.440. The fourth-order valence-corrected chi connectivity index (χ4v) is 5.09. The van der Waals surface area contributed by atoms with Crippen LogP contribution in [0, 0.1) is 20.8 Å². The van der Waals surface area contributed by atoms with Crippen LogP contribution in [0.4, 0.5) is 0 Å². The summed E-state index contributed by atoms with van der Waals surface area (Å²) in [7, 11) is 0. The Bertz CT molecular complexity index is 1010. The van der Waals surface area contributed by atoms with Gasteiger partial charge in [-0.25, -0.2) is 4.79 Å². The molecule has 0 fully saturated rings. The van der Waals surface area contributed by atoms with Gasteiger partial charge in [0.15, 0.2) is 0 Å². The van der Waals surface area contributed by atoms with Gasteiger partial charge in [-0.2, -0.15) is 0 Å². The van der Waals surface area contributed by atoms with E-state index in [-0.39, 0.29) is 11.0 Å². The lowest BCUT2D eigenvalue weighted by atomic mass is 9.68. The summed E-state index contributed by atoms with van der Waals surface area (Å²) in [6.07, 6.45) is 4.38. The number of hydrogen-bond donors (Lipinski definition) is 1. The van der Waals surface area contributed by atoms with Gasteiger partial charge >= 0.3 is 5.97 Å². The van der Waals surface area contributed by atoms with E-state index < -0.39 is 5.97 Å². The average Bonchev–Trinajstić information content (AvgIpc) is 2.69. The van der Waals surface area contributed by atoms with E-state index in [4.69, 9.17) is 4.74 Å². The van der Waals surface area contributed by atoms with Gasteiger partial charge in [0.25, 0.3) is 0 Å². The van der Waals surface area contributed by atoms with Crippen LogP contribution in [-0.2, 0) is 16.6 Å². The SMILES string of the molecule is C=C(C(=O)O)c1cc(-c2c(C)c(C)c3c(c2C)CCCC3(C)C)ccc1OCCC. The van der Waals surface area contributed by atoms with Gasteiger partial charge in [-0.05, 0) is 103 Å². The molecule has 0 aliphatic heterocycles. The monoisotopic (exact) mass is 406 g/mol. The maximum absolute atomic E-state index is 11.7. The molecule has 160 valence electrons. The molecule has 30 heavy (non-hydrogen) atoms. The maximum Gasteiger partial charge on any atom is 0.335 e. The van der Waals surface area contributed by atoms with Crippen molar-refractivity contribution in [1.29, 1.82) is 0 Å². The Morgan fingerprint density at radius 2 is 1.87 bits per heavy atom. The Morgan fingerprint density at radius 3 is 2.50 bits per heavy atom. The highest BCUT2D eigenvalue weighted by atomic mass is 16.5. The summed E-state index contributed by atoms with van der Waals surface area (Å²) >= 11 is 0. The minimum absolute atomic E-state index is 0.0640. The fourth-order valence-electron chi connectivity index (χ4n) is 5.09. The number of fused-ring (bicyclic) bond motifs is 1. The van der Waals surface area contributed by atoms with Crippen LogP contribution in [-0.4, -0.2) is 17.7 Å². The van der Waals surface area contributed by atoms with Gasteiger partial charge in [-0.15, -0.1) is 0 Å². The van der Waals surface area contributed by atoms with Gasteiger partial charge in [0.05, 0.1) is 12.2 Å². The number of hydrogen-bond acceptors (Lipinski definition) is 2. The van der Waals surface area contributed by atoms with Gasteiger partial charge in [0.1, 0.15) is 5.75 Å². The van der Waals surface area contributed by atoms with Crippen LogP contribution in [0.1, 0.15) is 73.4 Å². The number of ether oxygens (including phenoxy) is 1. The highest BCUT2D eigenvalue weighted by Crippen LogP contribution is 2.45. The third-order valence-corrected chi connectivity index (χ3v) is 6.66. The van der Waals surface area contributed by atoms with Gasteiger partial charge in [-0.1, -0.05) is 33.4 Å². The van der Waals surface area contributed by atoms with Gasteiger partial charge < -0.3 is 9.84 Å². The van der Waals surface area contributed by atoms with E-state index in [9.17, 15) is 9.90 Å². The molecule has 3 nitrogen and oxygen atoms in total. The fraction of sp³-hybridized carbons (Fsp3) is 0.444. The summed E-state index contributed by atoms with van der Waals surface area (Å²) < 4.78 is 5.83. The number of benzene rings is 2. The minimum Gasteiger partial charge on any atom is -0.493 e. The summed E-state index contributed by atoms with van der Waals surface area (Å²) in [6, 6.07) is 5.89. The second kappa shape index (κ2) is 8.29. The van der Waals surface area contributed by atoms with Crippen molar-refractivity contribution in [2.24, 2.45) is 0 Å². The summed E-state index contributed by atoms with van der Waals surface area (Å²) in [4.78, 5) is 11.7. The molecule has 0 aromatic heterocycles. The molecule has 2 aromatic rings. The van der Waals surface area contributed by atoms with Gasteiger partial charge in [0, 0.05) is 5.56 Å². The molecule has 0 radical (unpaired) electrons. The third kappa shape index (κ3) is 3.78. The van der Waals surface area contributed by atoms with Crippen molar-refractivity contribution in [3.8, 4) is 16.9 Å². The molecule has 0 amide bonds. The number of carbonyl (C=O) groups is 1. The third-order valence-electron chi connectivity index (χ3n) is 6.66. The molecule has 0 unspecified atom stereocenters. The van der Waals surface area contributed by atoms with Crippen LogP contribution in [0.3, 0.4) is 0 Å². The number of rotatable bonds is 6. The van der Waals surface area contributed by atoms with Crippen LogP contribution in [0.2, 0.25) is 0 Å². The zero-order valence-corrected chi connectivity index (χ0v) is 19.2. The molecule has 1 N–H and O–H groups in total. The molecule has 0 saturated carbocycles. The minimum atomic E-state index is -1.02. The predicted molar refractivity (Wildman–Crippen MR) is 125 cm³/mol. The summed E-state index contributed by atoms with van der Waals surface area (Å²) in [5, 5.41) is 9.56. The van der Waals surface area contributed by atoms with E-state index in [0.29, 0.717) is 17.9 Å². The van der Waals surface area contributed by atoms with Crippen molar-refractivity contribution in [3.63, 3.8) is 0 Å². The van der Waals surface area contributed by atoms with Crippen molar-refractivity contribution < 1.29 is 14.6 Å². The highest BCUT2D eigenvalue weighted by Gasteiger charge is 2.32. The van der Waals surface area contributed by atoms with E-state index >= 15 is 0 Å². The lowest BCUT2D eigenvalue weighted by Gasteiger charge is -2.37. The maximum atomic E-state index is 11.7. The second-order valence-electron chi connectivity index (χ2n) is 9.18. The van der Waals surface area contributed by atoms with Crippen LogP contribution in [0.5, 0.6) is 5.75 Å². The van der Waals surface area contributed by atoms with Gasteiger partial charge in [0.2, 0.25) is 0 Å². The van der Waals surface area contributed by atoms with E-state index in [1.54, 1.807) is 0 Å². The molecule has 1 aliphatic rings. The van der Waals surface area contributed by atoms with Gasteiger partial charge in [-0.3, -0.25) is 0 Å². The molecule has 3 rings (SSSR count). The standard InChI is InChI=1S/C27H34O3/c1-8-14-30-23-12-11-20(15-22(23)19(5)26(28)29)24-16(2)17(3)25-21(18(24)4)10-9-13-27(25,6)7/h11-12,15H,5,8-10,13-14H2,1-4,6-7H3,(H,28,29). The number of carboxylic acid groups (broad SMARTS) is 1. The number of aliphatic carboxylic acids is 1. The average molecular weight is 407 g/mol. The molecule has 3 heteroatoms. The molecule has 0 spiro atoms. The predicted octanol–water partition coefficient (Wildman–Crippen LogP) is 6.78. The molecular formula is C27H34O3. The summed E-state index contributed by atoms with van der Waals surface area (Å²) in [6.45, 7) is 17.7. The number of carboxylic acids is 1. The first-order chi connectivity index (χ1) is 14.1. The molecule has 0 bridgehead atoms. The molecular weight excluding hydrogens is 372 g/mol. The first-order valence-corrected chi connectivity index (χ1v) is 10.9. The Hall–Kier alpha value is -2.55. The van der Waals surface area contributed by atoms with E-state index in [1.807, 2.05) is 19.1 Å². The Morgan fingerprint density at radius 1 is 1.17 bits per heavy atom. The van der Waals surface area contributed by atoms with Crippen molar-refractivity contribution in [2.75, 3.05) is 6.61 Å². The highest BCUT2D eigenvalue weighted by molar-refractivity contribution is 6.15. The first kappa shape index (κ1) is 22.1. The largest absolute Gasteiger partial charge is 0.493 e. The van der Waals surface area contributed by atoms with E-state index in [1.165, 1.54) is 46.2 Å². The van der Waals surface area contributed by atoms with E-state index in [2.05, 4.69) is 47.3 Å². The van der Waals surface area contributed by atoms with Crippen molar-refractivity contribution >= 4 is 11.5 Å². The lowest BCUT2D eigenvalue weighted by molar-refractivity contribution is -0.130. The quantitative estimate of drug-likeness (QED) is 0.538. The zero-order chi connectivity index (χ0) is 22.2. The normalized spacial score (nSPS) is 14.9.